The van der Waals surface area contributed by atoms with Crippen LogP contribution in [-0.4, -0.2) is 25.5 Å². The topological polar surface area (TPSA) is 33.3 Å². The van der Waals surface area contributed by atoms with Crippen molar-refractivity contribution in [1.82, 2.24) is 10.6 Å². The molecule has 3 heteroatoms. The van der Waals surface area contributed by atoms with E-state index in [0.717, 1.165) is 26.1 Å². The molecule has 0 saturated carbocycles. The molecule has 1 rings (SSSR count). The van der Waals surface area contributed by atoms with Crippen LogP contribution in [0.15, 0.2) is 0 Å². The first kappa shape index (κ1) is 22.9. The van der Waals surface area contributed by atoms with E-state index in [4.69, 9.17) is 4.74 Å². The van der Waals surface area contributed by atoms with Crippen molar-refractivity contribution in [1.29, 1.82) is 0 Å². The average Bonchev–Trinajstić information content (AvgIpc) is 3.07. The van der Waals surface area contributed by atoms with Crippen molar-refractivity contribution in [2.45, 2.75) is 122 Å². The quantitative estimate of drug-likeness (QED) is 0.290. The standard InChI is InChI=1S/C22H46N2O/c1-3-5-6-7-8-9-10-11-12-13-14-15-16-17-18-19-22(25-4-2)23-20-21-24-22/h23-24H,3-21H2,1-2H3. The first-order valence-electron chi connectivity index (χ1n) is 11.5. The molecule has 0 spiro atoms. The van der Waals surface area contributed by atoms with Gasteiger partial charge in [0, 0.05) is 26.1 Å². The second-order valence-electron chi connectivity index (χ2n) is 7.81. The Morgan fingerprint density at radius 2 is 1.00 bits per heavy atom. The van der Waals surface area contributed by atoms with E-state index in [1.165, 1.54) is 96.3 Å². The van der Waals surface area contributed by atoms with Crippen LogP contribution in [0.25, 0.3) is 0 Å². The first-order valence-corrected chi connectivity index (χ1v) is 11.5. The minimum atomic E-state index is -0.217. The highest BCUT2D eigenvalue weighted by molar-refractivity contribution is 4.82. The van der Waals surface area contributed by atoms with Gasteiger partial charge in [0.05, 0.1) is 0 Å². The third-order valence-corrected chi connectivity index (χ3v) is 5.47. The molecule has 0 aromatic heterocycles. The number of hydrogen-bond acceptors (Lipinski definition) is 3. The van der Waals surface area contributed by atoms with Crippen LogP contribution in [0.1, 0.15) is 117 Å². The third-order valence-electron chi connectivity index (χ3n) is 5.47. The Bertz CT molecular complexity index is 277. The molecular formula is C22H46N2O. The summed E-state index contributed by atoms with van der Waals surface area (Å²) in [5.74, 6) is -0.217. The first-order chi connectivity index (χ1) is 12.3. The highest BCUT2D eigenvalue weighted by Crippen LogP contribution is 2.18. The number of hydrogen-bond donors (Lipinski definition) is 2. The number of nitrogens with one attached hydrogen (secondary N) is 2. The van der Waals surface area contributed by atoms with Crippen molar-refractivity contribution in [2.24, 2.45) is 0 Å². The van der Waals surface area contributed by atoms with Crippen LogP contribution in [0.3, 0.4) is 0 Å². The van der Waals surface area contributed by atoms with E-state index in [1.807, 2.05) is 0 Å². The van der Waals surface area contributed by atoms with Crippen molar-refractivity contribution in [3.63, 3.8) is 0 Å². The van der Waals surface area contributed by atoms with E-state index >= 15 is 0 Å². The Morgan fingerprint density at radius 1 is 0.600 bits per heavy atom. The molecule has 1 heterocycles. The molecule has 0 atom stereocenters. The second kappa shape index (κ2) is 16.1. The lowest BCUT2D eigenvalue weighted by Crippen LogP contribution is -2.51. The maximum atomic E-state index is 5.89. The lowest BCUT2D eigenvalue weighted by Gasteiger charge is -2.29. The van der Waals surface area contributed by atoms with Crippen molar-refractivity contribution >= 4 is 0 Å². The summed E-state index contributed by atoms with van der Waals surface area (Å²) in [5, 5.41) is 6.97. The molecule has 0 bridgehead atoms. The van der Waals surface area contributed by atoms with Gasteiger partial charge in [0.2, 0.25) is 0 Å². The summed E-state index contributed by atoms with van der Waals surface area (Å²) >= 11 is 0. The van der Waals surface area contributed by atoms with Gasteiger partial charge >= 0.3 is 0 Å². The lowest BCUT2D eigenvalue weighted by atomic mass is 10.0. The summed E-state index contributed by atoms with van der Waals surface area (Å²) < 4.78 is 5.89. The highest BCUT2D eigenvalue weighted by atomic mass is 16.5. The summed E-state index contributed by atoms with van der Waals surface area (Å²) in [4.78, 5) is 0. The van der Waals surface area contributed by atoms with E-state index in [0.29, 0.717) is 0 Å². The zero-order valence-electron chi connectivity index (χ0n) is 17.3. The number of rotatable bonds is 18. The summed E-state index contributed by atoms with van der Waals surface area (Å²) in [6.45, 7) is 7.20. The van der Waals surface area contributed by atoms with E-state index in [-0.39, 0.29) is 5.85 Å². The molecule has 25 heavy (non-hydrogen) atoms. The van der Waals surface area contributed by atoms with Crippen LogP contribution in [0.4, 0.5) is 0 Å². The van der Waals surface area contributed by atoms with Gasteiger partial charge in [-0.05, 0) is 13.3 Å². The van der Waals surface area contributed by atoms with Crippen molar-refractivity contribution in [3.8, 4) is 0 Å². The summed E-state index contributed by atoms with van der Waals surface area (Å²) in [7, 11) is 0. The molecule has 0 amide bonds. The molecular weight excluding hydrogens is 308 g/mol. The zero-order valence-corrected chi connectivity index (χ0v) is 17.3. The summed E-state index contributed by atoms with van der Waals surface area (Å²) in [6.07, 6.45) is 22.4. The maximum Gasteiger partial charge on any atom is 0.174 e. The van der Waals surface area contributed by atoms with E-state index in [1.54, 1.807) is 0 Å². The molecule has 1 saturated heterocycles. The average molecular weight is 355 g/mol. The minimum Gasteiger partial charge on any atom is -0.348 e. The zero-order chi connectivity index (χ0) is 18.1. The van der Waals surface area contributed by atoms with Gasteiger partial charge in [-0.25, -0.2) is 0 Å². The van der Waals surface area contributed by atoms with Gasteiger partial charge in [-0.1, -0.05) is 96.8 Å². The van der Waals surface area contributed by atoms with Gasteiger partial charge < -0.3 is 4.74 Å². The molecule has 1 fully saturated rings. The normalized spacial score (nSPS) is 16.6. The molecule has 1 aliphatic rings. The largest absolute Gasteiger partial charge is 0.348 e. The van der Waals surface area contributed by atoms with Gasteiger partial charge in [0.15, 0.2) is 5.85 Å². The molecule has 150 valence electrons. The van der Waals surface area contributed by atoms with Gasteiger partial charge in [-0.3, -0.25) is 10.6 Å². The molecule has 0 aliphatic carbocycles. The Morgan fingerprint density at radius 3 is 1.40 bits per heavy atom. The lowest BCUT2D eigenvalue weighted by molar-refractivity contribution is -0.0761. The van der Waals surface area contributed by atoms with E-state index in [2.05, 4.69) is 24.5 Å². The van der Waals surface area contributed by atoms with Gasteiger partial charge in [0.25, 0.3) is 0 Å². The fourth-order valence-electron chi connectivity index (χ4n) is 3.93. The monoisotopic (exact) mass is 354 g/mol. The van der Waals surface area contributed by atoms with Crippen LogP contribution in [-0.2, 0) is 4.74 Å². The van der Waals surface area contributed by atoms with E-state index < -0.39 is 0 Å². The molecule has 0 radical (unpaired) electrons. The van der Waals surface area contributed by atoms with Crippen LogP contribution >= 0.6 is 0 Å². The Kier molecular flexibility index (Phi) is 14.7. The van der Waals surface area contributed by atoms with Crippen LogP contribution in [0.5, 0.6) is 0 Å². The molecule has 1 aliphatic heterocycles. The van der Waals surface area contributed by atoms with Crippen molar-refractivity contribution < 1.29 is 4.74 Å². The molecule has 0 aromatic rings. The van der Waals surface area contributed by atoms with Gasteiger partial charge in [-0.15, -0.1) is 0 Å². The van der Waals surface area contributed by atoms with Gasteiger partial charge in [0.1, 0.15) is 0 Å². The smallest absolute Gasteiger partial charge is 0.174 e. The fraction of sp³-hybridized carbons (Fsp3) is 1.00. The Labute approximate surface area is 158 Å². The molecule has 3 nitrogen and oxygen atoms in total. The summed E-state index contributed by atoms with van der Waals surface area (Å²) in [5.41, 5.74) is 0. The molecule has 0 aromatic carbocycles. The fourth-order valence-corrected chi connectivity index (χ4v) is 3.93. The SMILES string of the molecule is CCCCCCCCCCCCCCCCCC1(OCC)NCCN1. The van der Waals surface area contributed by atoms with E-state index in [9.17, 15) is 0 Å². The highest BCUT2D eigenvalue weighted by Gasteiger charge is 2.32. The molecule has 2 N–H and O–H groups in total. The van der Waals surface area contributed by atoms with Crippen molar-refractivity contribution in [2.75, 3.05) is 19.7 Å². The van der Waals surface area contributed by atoms with Gasteiger partial charge in [-0.2, -0.15) is 0 Å². The van der Waals surface area contributed by atoms with Crippen molar-refractivity contribution in [3.05, 3.63) is 0 Å². The molecule has 0 unspecified atom stereocenters. The summed E-state index contributed by atoms with van der Waals surface area (Å²) in [6, 6.07) is 0. The number of unbranched alkanes of at least 4 members (excludes halogenated alkanes) is 14. The Balaban J connectivity index is 1.78. The van der Waals surface area contributed by atoms with Crippen LogP contribution in [0, 0.1) is 0 Å². The predicted molar refractivity (Wildman–Crippen MR) is 110 cm³/mol. The van der Waals surface area contributed by atoms with Crippen LogP contribution < -0.4 is 10.6 Å². The maximum absolute atomic E-state index is 5.89. The predicted octanol–water partition coefficient (Wildman–Crippen LogP) is 6.13. The number of ether oxygens (including phenoxy) is 1. The third kappa shape index (κ3) is 12.0. The van der Waals surface area contributed by atoms with Crippen LogP contribution in [0.2, 0.25) is 0 Å². The Hall–Kier alpha value is -0.120. The minimum absolute atomic E-state index is 0.217. The second-order valence-corrected chi connectivity index (χ2v) is 7.81.